The fourth-order valence-corrected chi connectivity index (χ4v) is 7.49. The third-order valence-electron chi connectivity index (χ3n) is 7.35. The van der Waals surface area contributed by atoms with Crippen molar-refractivity contribution in [1.29, 1.82) is 0 Å². The van der Waals surface area contributed by atoms with Gasteiger partial charge < -0.3 is 14.7 Å². The molecule has 172 valence electrons. The van der Waals surface area contributed by atoms with Crippen molar-refractivity contribution in [2.75, 3.05) is 32.7 Å². The van der Waals surface area contributed by atoms with Gasteiger partial charge in [0.05, 0.1) is 0 Å². The number of piperidine rings is 2. The minimum Gasteiger partial charge on any atom is -0.360 e. The molecule has 4 aliphatic rings. The zero-order chi connectivity index (χ0) is 21.6. The van der Waals surface area contributed by atoms with E-state index in [0.29, 0.717) is 37.5 Å². The quantitative estimate of drug-likeness (QED) is 0.705. The molecule has 1 N–H and O–H groups in total. The van der Waals surface area contributed by atoms with Crippen molar-refractivity contribution in [2.24, 2.45) is 0 Å². The highest BCUT2D eigenvalue weighted by Crippen LogP contribution is 2.40. The highest BCUT2D eigenvalue weighted by molar-refractivity contribution is 7.86. The second-order valence-corrected chi connectivity index (χ2v) is 11.3. The molecular weight excluding hydrogens is 418 g/mol. The van der Waals surface area contributed by atoms with E-state index in [-0.39, 0.29) is 24.0 Å². The molecule has 5 rings (SSSR count). The largest absolute Gasteiger partial charge is 0.360 e. The number of nitrogens with zero attached hydrogens (tertiary/aromatic N) is 4. The van der Waals surface area contributed by atoms with E-state index in [9.17, 15) is 13.2 Å². The van der Waals surface area contributed by atoms with Gasteiger partial charge in [0.15, 0.2) is 5.69 Å². The van der Waals surface area contributed by atoms with Gasteiger partial charge in [-0.1, -0.05) is 18.5 Å². The van der Waals surface area contributed by atoms with E-state index in [1.165, 1.54) is 0 Å². The maximum Gasteiger partial charge on any atom is 0.282 e. The van der Waals surface area contributed by atoms with Crippen LogP contribution in [0.15, 0.2) is 10.6 Å². The lowest BCUT2D eigenvalue weighted by atomic mass is 9.84. The van der Waals surface area contributed by atoms with Crippen molar-refractivity contribution in [1.82, 2.24) is 24.0 Å². The molecule has 3 saturated heterocycles. The molecule has 2 atom stereocenters. The van der Waals surface area contributed by atoms with Crippen LogP contribution in [0.2, 0.25) is 0 Å². The van der Waals surface area contributed by atoms with Gasteiger partial charge in [-0.3, -0.25) is 4.79 Å². The van der Waals surface area contributed by atoms with Gasteiger partial charge in [0.2, 0.25) is 0 Å². The number of hydrogen-bond donors (Lipinski definition) is 1. The zero-order valence-electron chi connectivity index (χ0n) is 18.2. The Kier molecular flexibility index (Phi) is 5.83. The SMILES string of the molecule is CCN1CCN(S(=O)(=O)N2[C@@H]3CCC[C@@H]2CC(NC(=O)c2cc(C4CC4)on2)C3)CC1. The number of hydrogen-bond acceptors (Lipinski definition) is 6. The highest BCUT2D eigenvalue weighted by atomic mass is 32.2. The Hall–Kier alpha value is -1.49. The average molecular weight is 452 g/mol. The second kappa shape index (κ2) is 8.46. The lowest BCUT2D eigenvalue weighted by Crippen LogP contribution is -2.63. The number of rotatable bonds is 6. The summed E-state index contributed by atoms with van der Waals surface area (Å²) in [5.41, 5.74) is 0.330. The van der Waals surface area contributed by atoms with Gasteiger partial charge >= 0.3 is 0 Å². The van der Waals surface area contributed by atoms with Crippen LogP contribution in [0.4, 0.5) is 0 Å². The van der Waals surface area contributed by atoms with Crippen molar-refractivity contribution in [2.45, 2.75) is 75.9 Å². The first-order valence-corrected chi connectivity index (χ1v) is 13.1. The van der Waals surface area contributed by atoms with E-state index in [4.69, 9.17) is 4.52 Å². The van der Waals surface area contributed by atoms with Crippen molar-refractivity contribution in [3.05, 3.63) is 17.5 Å². The van der Waals surface area contributed by atoms with E-state index in [1.807, 2.05) is 0 Å². The topological polar surface area (TPSA) is 99.0 Å². The fraction of sp³-hybridized carbons (Fsp3) is 0.810. The summed E-state index contributed by atoms with van der Waals surface area (Å²) < 4.78 is 35.7. The molecule has 0 unspecified atom stereocenters. The highest BCUT2D eigenvalue weighted by Gasteiger charge is 2.47. The molecule has 4 heterocycles. The lowest BCUT2D eigenvalue weighted by Gasteiger charge is -2.49. The van der Waals surface area contributed by atoms with E-state index < -0.39 is 10.2 Å². The Morgan fingerprint density at radius 3 is 2.42 bits per heavy atom. The third-order valence-corrected chi connectivity index (χ3v) is 9.50. The molecule has 31 heavy (non-hydrogen) atoms. The summed E-state index contributed by atoms with van der Waals surface area (Å²) in [6, 6.07) is 1.62. The van der Waals surface area contributed by atoms with E-state index in [2.05, 4.69) is 22.3 Å². The summed E-state index contributed by atoms with van der Waals surface area (Å²) in [5, 5.41) is 7.04. The Labute approximate surface area is 184 Å². The molecule has 9 nitrogen and oxygen atoms in total. The molecule has 1 aliphatic carbocycles. The first-order valence-electron chi connectivity index (χ1n) is 11.7. The van der Waals surface area contributed by atoms with E-state index in [1.54, 1.807) is 14.7 Å². The average Bonchev–Trinajstić information content (AvgIpc) is 3.49. The molecule has 10 heteroatoms. The molecule has 4 fully saturated rings. The summed E-state index contributed by atoms with van der Waals surface area (Å²) in [5.74, 6) is 0.998. The van der Waals surface area contributed by atoms with E-state index >= 15 is 0 Å². The fourth-order valence-electron chi connectivity index (χ4n) is 5.46. The van der Waals surface area contributed by atoms with Gasteiger partial charge in [0.1, 0.15) is 5.76 Å². The second-order valence-electron chi connectivity index (χ2n) is 9.44. The number of fused-ring (bicyclic) bond motifs is 2. The van der Waals surface area contributed by atoms with Crippen LogP contribution in [0, 0.1) is 0 Å². The number of amides is 1. The molecule has 2 bridgehead atoms. The molecule has 1 amide bonds. The van der Waals surface area contributed by atoms with E-state index in [0.717, 1.165) is 57.5 Å². The number of nitrogens with one attached hydrogen (secondary N) is 1. The smallest absolute Gasteiger partial charge is 0.282 e. The number of aromatic nitrogens is 1. The number of carbonyl (C=O) groups excluding carboxylic acids is 1. The summed E-state index contributed by atoms with van der Waals surface area (Å²) in [4.78, 5) is 15.0. The first-order chi connectivity index (χ1) is 15.0. The van der Waals surface area contributed by atoms with Crippen molar-refractivity contribution >= 4 is 16.1 Å². The summed E-state index contributed by atoms with van der Waals surface area (Å²) in [7, 11) is -3.48. The van der Waals surface area contributed by atoms with Crippen LogP contribution in [-0.4, -0.2) is 83.8 Å². The molecule has 0 radical (unpaired) electrons. The Morgan fingerprint density at radius 1 is 1.13 bits per heavy atom. The standard InChI is InChI=1S/C21H33N5O4S/c1-2-24-8-10-25(11-9-24)31(28,29)26-17-4-3-5-18(26)13-16(12-17)22-21(27)19-14-20(30-23-19)15-6-7-15/h14-18H,2-13H2,1H3,(H,22,27)/t17-,18-/m1/s1. The predicted molar refractivity (Wildman–Crippen MR) is 115 cm³/mol. The van der Waals surface area contributed by atoms with Crippen LogP contribution < -0.4 is 5.32 Å². The third kappa shape index (κ3) is 4.27. The summed E-state index contributed by atoms with van der Waals surface area (Å²) in [6.45, 7) is 5.76. The zero-order valence-corrected chi connectivity index (χ0v) is 19.0. The van der Waals surface area contributed by atoms with Gasteiger partial charge in [0, 0.05) is 56.3 Å². The molecule has 1 aromatic rings. The van der Waals surface area contributed by atoms with Crippen LogP contribution >= 0.6 is 0 Å². The van der Waals surface area contributed by atoms with Crippen molar-refractivity contribution in [3.63, 3.8) is 0 Å². The molecule has 0 spiro atoms. The van der Waals surface area contributed by atoms with Crippen LogP contribution in [0.3, 0.4) is 0 Å². The first kappa shape index (κ1) is 21.4. The van der Waals surface area contributed by atoms with Gasteiger partial charge in [-0.15, -0.1) is 0 Å². The molecule has 1 saturated carbocycles. The maximum absolute atomic E-state index is 13.5. The number of likely N-dealkylation sites (N-methyl/N-ethyl adjacent to an activating group) is 1. The molecule has 1 aromatic heterocycles. The normalized spacial score (nSPS) is 30.9. The molecular formula is C21H33N5O4S. The van der Waals surface area contributed by atoms with Gasteiger partial charge in [-0.2, -0.15) is 17.0 Å². The Bertz CT molecular complexity index is 893. The maximum atomic E-state index is 13.5. The van der Waals surface area contributed by atoms with Crippen LogP contribution in [-0.2, 0) is 10.2 Å². The minimum absolute atomic E-state index is 0.0349. The van der Waals surface area contributed by atoms with Crippen LogP contribution in [0.1, 0.15) is 74.0 Å². The predicted octanol–water partition coefficient (Wildman–Crippen LogP) is 1.55. The summed E-state index contributed by atoms with van der Waals surface area (Å²) >= 11 is 0. The van der Waals surface area contributed by atoms with Crippen LogP contribution in [0.25, 0.3) is 0 Å². The molecule has 3 aliphatic heterocycles. The Balaban J connectivity index is 1.24. The molecule has 0 aromatic carbocycles. The van der Waals surface area contributed by atoms with Crippen LogP contribution in [0.5, 0.6) is 0 Å². The van der Waals surface area contributed by atoms with Crippen molar-refractivity contribution < 1.29 is 17.7 Å². The monoisotopic (exact) mass is 451 g/mol. The van der Waals surface area contributed by atoms with Gasteiger partial charge in [-0.05, 0) is 45.1 Å². The Morgan fingerprint density at radius 2 is 1.81 bits per heavy atom. The van der Waals surface area contributed by atoms with Gasteiger partial charge in [-0.25, -0.2) is 0 Å². The number of carbonyl (C=O) groups is 1. The number of piperazine rings is 1. The van der Waals surface area contributed by atoms with Crippen molar-refractivity contribution in [3.8, 4) is 0 Å². The van der Waals surface area contributed by atoms with Gasteiger partial charge in [0.25, 0.3) is 16.1 Å². The summed E-state index contributed by atoms with van der Waals surface area (Å²) in [6.07, 6.45) is 6.26. The lowest BCUT2D eigenvalue weighted by molar-refractivity contribution is 0.0746. The minimum atomic E-state index is -3.48.